The summed E-state index contributed by atoms with van der Waals surface area (Å²) in [7, 11) is 0. The summed E-state index contributed by atoms with van der Waals surface area (Å²) in [6.45, 7) is 4.94. The molecule has 0 bridgehead atoms. The fraction of sp³-hybridized carbons (Fsp3) is 0.258. The molecule has 0 spiro atoms. The second-order valence-electron chi connectivity index (χ2n) is 10.0. The maximum absolute atomic E-state index is 13.2. The Bertz CT molecular complexity index is 1480. The number of anilines is 2. The fourth-order valence-corrected chi connectivity index (χ4v) is 4.36. The monoisotopic (exact) mass is 545 g/mol. The Morgan fingerprint density at radius 2 is 1.75 bits per heavy atom. The van der Waals surface area contributed by atoms with Crippen LogP contribution in [0.2, 0.25) is 0 Å². The number of hydrogen-bond acceptors (Lipinski definition) is 5. The average Bonchev–Trinajstić information content (AvgIpc) is 3.74. The highest BCUT2D eigenvalue weighted by molar-refractivity contribution is 6.11. The van der Waals surface area contributed by atoms with Gasteiger partial charge in [-0.05, 0) is 92.2 Å². The number of carbonyl (C=O) groups is 1. The third kappa shape index (κ3) is 7.58. The van der Waals surface area contributed by atoms with Gasteiger partial charge in [-0.25, -0.2) is 0 Å². The van der Waals surface area contributed by atoms with Gasteiger partial charge in [0.05, 0.1) is 17.7 Å². The van der Waals surface area contributed by atoms with Crippen molar-refractivity contribution in [3.05, 3.63) is 106 Å². The van der Waals surface area contributed by atoms with Crippen LogP contribution in [-0.2, 0) is 4.79 Å². The van der Waals surface area contributed by atoms with Crippen molar-refractivity contribution in [2.45, 2.75) is 38.9 Å². The number of allylic oxidation sites excluding steroid dienone is 1. The Balaban J connectivity index is 1.62. The van der Waals surface area contributed by atoms with Gasteiger partial charge >= 0.3 is 6.18 Å². The lowest BCUT2D eigenvalue weighted by atomic mass is 9.93. The minimum Gasteiger partial charge on any atom is -0.351 e. The van der Waals surface area contributed by atoms with Crippen LogP contribution in [0.1, 0.15) is 46.7 Å². The van der Waals surface area contributed by atoms with E-state index in [9.17, 15) is 18.0 Å². The van der Waals surface area contributed by atoms with Crippen LogP contribution in [0.25, 0.3) is 0 Å². The van der Waals surface area contributed by atoms with Crippen LogP contribution in [-0.4, -0.2) is 24.3 Å². The van der Waals surface area contributed by atoms with E-state index < -0.39 is 23.5 Å². The smallest absolute Gasteiger partial charge is 0.351 e. The van der Waals surface area contributed by atoms with E-state index in [0.29, 0.717) is 17.7 Å². The van der Waals surface area contributed by atoms with Crippen LogP contribution in [0.15, 0.2) is 78.5 Å². The lowest BCUT2D eigenvalue weighted by molar-refractivity contribution is -0.112. The molecule has 1 aliphatic rings. The van der Waals surface area contributed by atoms with Gasteiger partial charge in [-0.15, -0.1) is 0 Å². The van der Waals surface area contributed by atoms with Crippen LogP contribution < -0.4 is 16.0 Å². The van der Waals surface area contributed by atoms with Crippen LogP contribution in [0.3, 0.4) is 0 Å². The van der Waals surface area contributed by atoms with E-state index >= 15 is 0 Å². The summed E-state index contributed by atoms with van der Waals surface area (Å²) in [6.07, 6.45) is -2.12. The van der Waals surface area contributed by atoms with Gasteiger partial charge in [0, 0.05) is 11.4 Å². The number of nitriles is 1. The molecule has 6 nitrogen and oxygen atoms in total. The summed E-state index contributed by atoms with van der Waals surface area (Å²) in [4.78, 5) is 13.2. The summed E-state index contributed by atoms with van der Waals surface area (Å²) in [5, 5.41) is 25.5. The van der Waals surface area contributed by atoms with E-state index in [1.54, 1.807) is 18.2 Å². The molecule has 1 fully saturated rings. The van der Waals surface area contributed by atoms with Crippen molar-refractivity contribution in [3.63, 3.8) is 0 Å². The van der Waals surface area contributed by atoms with Crippen molar-refractivity contribution < 1.29 is 18.0 Å². The van der Waals surface area contributed by atoms with Gasteiger partial charge in [0.2, 0.25) is 0 Å². The lowest BCUT2D eigenvalue weighted by Gasteiger charge is -2.23. The highest BCUT2D eigenvalue weighted by Gasteiger charge is 2.33. The first-order valence-electron chi connectivity index (χ1n) is 12.9. The van der Waals surface area contributed by atoms with Crippen LogP contribution in [0.5, 0.6) is 0 Å². The van der Waals surface area contributed by atoms with Gasteiger partial charge < -0.3 is 16.0 Å². The molecule has 0 radical (unpaired) electrons. The largest absolute Gasteiger partial charge is 0.432 e. The van der Waals surface area contributed by atoms with E-state index in [2.05, 4.69) is 41.1 Å². The summed E-state index contributed by atoms with van der Waals surface area (Å²) < 4.78 is 39.5. The number of aryl methyl sites for hydroxylation is 2. The summed E-state index contributed by atoms with van der Waals surface area (Å²) in [5.41, 5.74) is 3.00. The zero-order valence-corrected chi connectivity index (χ0v) is 22.2. The molecule has 0 heterocycles. The topological polar surface area (TPSA) is 101 Å². The van der Waals surface area contributed by atoms with Gasteiger partial charge in [-0.3, -0.25) is 10.2 Å². The van der Waals surface area contributed by atoms with Gasteiger partial charge in [0.1, 0.15) is 11.4 Å². The highest BCUT2D eigenvalue weighted by Crippen LogP contribution is 2.32. The second-order valence-corrected chi connectivity index (χ2v) is 10.0. The molecule has 4 rings (SSSR count). The van der Waals surface area contributed by atoms with Crippen molar-refractivity contribution in [3.8, 4) is 6.07 Å². The first-order valence-corrected chi connectivity index (χ1v) is 12.9. The number of nitrogens with one attached hydrogen (secondary N) is 4. The SMILES string of the molecule is Cc1ccc(C(NCC2CC2)c2cccc(NC(=O)/C(=C/C(=N)C(F)(F)F)Nc3cccc(C#N)c3)c2)c(C)c1. The zero-order chi connectivity index (χ0) is 28.9. The van der Waals surface area contributed by atoms with Crippen molar-refractivity contribution in [1.29, 1.82) is 10.7 Å². The molecule has 1 amide bonds. The predicted molar refractivity (Wildman–Crippen MR) is 150 cm³/mol. The number of hydrogen-bond donors (Lipinski definition) is 4. The molecule has 1 unspecified atom stereocenters. The van der Waals surface area contributed by atoms with Crippen molar-refractivity contribution in [1.82, 2.24) is 5.32 Å². The number of nitrogens with zero attached hydrogens (tertiary/aromatic N) is 1. The van der Waals surface area contributed by atoms with Crippen LogP contribution in [0.4, 0.5) is 24.5 Å². The fourth-order valence-electron chi connectivity index (χ4n) is 4.36. The molecule has 9 heteroatoms. The van der Waals surface area contributed by atoms with Gasteiger partial charge in [-0.1, -0.05) is 42.0 Å². The van der Waals surface area contributed by atoms with Gasteiger partial charge in [0.25, 0.3) is 5.91 Å². The molecular formula is C31H30F3N5O. The molecule has 4 N–H and O–H groups in total. The molecule has 3 aromatic carbocycles. The molecule has 0 aromatic heterocycles. The predicted octanol–water partition coefficient (Wildman–Crippen LogP) is 6.78. The Morgan fingerprint density at radius 1 is 1.05 bits per heavy atom. The van der Waals surface area contributed by atoms with E-state index in [1.165, 1.54) is 37.1 Å². The normalized spacial score (nSPS) is 14.2. The molecule has 206 valence electrons. The Labute approximate surface area is 231 Å². The molecule has 0 saturated heterocycles. The maximum atomic E-state index is 13.2. The molecule has 40 heavy (non-hydrogen) atoms. The third-order valence-corrected chi connectivity index (χ3v) is 6.63. The second kappa shape index (κ2) is 12.2. The standard InChI is InChI=1S/C31H30F3N5O/c1-19-9-12-26(20(2)13-19)29(37-18-21-10-11-21)23-6-4-8-25(15-23)39-30(40)27(16-28(36)31(32,33)34)38-24-7-3-5-22(14-24)17-35/h3-9,12-16,21,29,36-38H,10-11,18H2,1-2H3,(H,39,40)/b27-16-,36-28?. The molecule has 1 aliphatic carbocycles. The van der Waals surface area contributed by atoms with E-state index in [4.69, 9.17) is 10.7 Å². The van der Waals surface area contributed by atoms with Crippen molar-refractivity contribution in [2.75, 3.05) is 17.2 Å². The number of alkyl halides is 3. The summed E-state index contributed by atoms with van der Waals surface area (Å²) in [5.74, 6) is -0.221. The first-order chi connectivity index (χ1) is 19.0. The Kier molecular flexibility index (Phi) is 8.70. The number of amides is 1. The number of benzene rings is 3. The van der Waals surface area contributed by atoms with Gasteiger partial charge in [0.15, 0.2) is 0 Å². The van der Waals surface area contributed by atoms with E-state index in [1.807, 2.05) is 19.1 Å². The Morgan fingerprint density at radius 3 is 2.40 bits per heavy atom. The highest BCUT2D eigenvalue weighted by atomic mass is 19.4. The first kappa shape index (κ1) is 28.6. The number of halogens is 3. The quantitative estimate of drug-likeness (QED) is 0.167. The molecular weight excluding hydrogens is 515 g/mol. The Hall–Kier alpha value is -4.42. The summed E-state index contributed by atoms with van der Waals surface area (Å²) in [6, 6.07) is 21.2. The minimum absolute atomic E-state index is 0.140. The summed E-state index contributed by atoms with van der Waals surface area (Å²) >= 11 is 0. The lowest BCUT2D eigenvalue weighted by Crippen LogP contribution is -2.26. The maximum Gasteiger partial charge on any atom is 0.432 e. The molecule has 1 atom stereocenters. The number of rotatable bonds is 10. The van der Waals surface area contributed by atoms with Crippen LogP contribution >= 0.6 is 0 Å². The molecule has 0 aliphatic heterocycles. The minimum atomic E-state index is -4.94. The third-order valence-electron chi connectivity index (χ3n) is 6.63. The zero-order valence-electron chi connectivity index (χ0n) is 22.2. The van der Waals surface area contributed by atoms with Crippen molar-refractivity contribution >= 4 is 23.0 Å². The molecule has 3 aromatic rings. The van der Waals surface area contributed by atoms with Crippen LogP contribution in [0, 0.1) is 36.5 Å². The van der Waals surface area contributed by atoms with Crippen molar-refractivity contribution in [2.24, 2.45) is 5.92 Å². The number of carbonyl (C=O) groups excluding carboxylic acids is 1. The van der Waals surface area contributed by atoms with E-state index in [-0.39, 0.29) is 17.3 Å². The van der Waals surface area contributed by atoms with Gasteiger partial charge in [-0.2, -0.15) is 18.4 Å². The van der Waals surface area contributed by atoms with E-state index in [0.717, 1.165) is 28.8 Å². The molecule has 1 saturated carbocycles. The average molecular weight is 546 g/mol.